The molecule has 1 amide bonds. The minimum Gasteiger partial charge on any atom is -0.347 e. The summed E-state index contributed by atoms with van der Waals surface area (Å²) in [6.45, 7) is 3.41. The van der Waals surface area contributed by atoms with Crippen LogP contribution >= 0.6 is 15.9 Å². The van der Waals surface area contributed by atoms with Crippen molar-refractivity contribution in [3.63, 3.8) is 0 Å². The summed E-state index contributed by atoms with van der Waals surface area (Å²) in [5.74, 6) is -0.374. The molecule has 0 unspecified atom stereocenters. The van der Waals surface area contributed by atoms with Gasteiger partial charge in [-0.2, -0.15) is 0 Å². The first-order chi connectivity index (χ1) is 10.2. The van der Waals surface area contributed by atoms with Crippen LogP contribution in [0.3, 0.4) is 0 Å². The highest BCUT2D eigenvalue weighted by Crippen LogP contribution is 2.31. The van der Waals surface area contributed by atoms with Gasteiger partial charge in [-0.25, -0.2) is 0 Å². The van der Waals surface area contributed by atoms with E-state index in [1.807, 2.05) is 24.3 Å². The highest BCUT2D eigenvalue weighted by atomic mass is 79.9. The van der Waals surface area contributed by atoms with E-state index in [4.69, 9.17) is 9.47 Å². The molecule has 1 N–H and O–H groups in total. The van der Waals surface area contributed by atoms with Gasteiger partial charge in [0.15, 0.2) is 5.79 Å². The number of hydrogen-bond acceptors (Lipinski definition) is 4. The van der Waals surface area contributed by atoms with Gasteiger partial charge in [-0.1, -0.05) is 12.1 Å². The molecule has 21 heavy (non-hydrogen) atoms. The van der Waals surface area contributed by atoms with Crippen LogP contribution in [0.5, 0.6) is 0 Å². The molecule has 0 atom stereocenters. The molecule has 0 bridgehead atoms. The molecule has 1 spiro atoms. The number of benzene rings is 1. The molecule has 2 heterocycles. The van der Waals surface area contributed by atoms with Crippen molar-refractivity contribution in [1.29, 1.82) is 0 Å². The molecular weight excluding hydrogens is 336 g/mol. The number of halogens is 1. The molecule has 2 fully saturated rings. The van der Waals surface area contributed by atoms with Crippen LogP contribution in [-0.4, -0.2) is 49.4 Å². The maximum atomic E-state index is 12.1. The molecule has 0 aromatic heterocycles. The van der Waals surface area contributed by atoms with Crippen LogP contribution < -0.4 is 5.32 Å². The Morgan fingerprint density at radius 2 is 1.90 bits per heavy atom. The number of likely N-dealkylation sites (tertiary alicyclic amines) is 1. The molecule has 1 aromatic rings. The second kappa shape index (κ2) is 6.44. The van der Waals surface area contributed by atoms with Crippen molar-refractivity contribution in [2.45, 2.75) is 18.6 Å². The lowest BCUT2D eigenvalue weighted by molar-refractivity contribution is -0.185. The number of para-hydroxylation sites is 1. The summed E-state index contributed by atoms with van der Waals surface area (Å²) in [5.41, 5.74) is 0.804. The predicted octanol–water partition coefficient (Wildman–Crippen LogP) is 2.23. The number of nitrogens with zero attached hydrogens (tertiary/aromatic N) is 1. The van der Waals surface area contributed by atoms with E-state index in [2.05, 4.69) is 26.1 Å². The van der Waals surface area contributed by atoms with Crippen molar-refractivity contribution >= 4 is 27.5 Å². The quantitative estimate of drug-likeness (QED) is 0.904. The highest BCUT2D eigenvalue weighted by molar-refractivity contribution is 9.10. The van der Waals surface area contributed by atoms with E-state index in [0.717, 1.165) is 36.1 Å². The fraction of sp³-hybridized carbons (Fsp3) is 0.533. The van der Waals surface area contributed by atoms with Crippen molar-refractivity contribution < 1.29 is 14.3 Å². The molecule has 114 valence electrons. The Balaban J connectivity index is 1.49. The van der Waals surface area contributed by atoms with Gasteiger partial charge in [-0.15, -0.1) is 0 Å². The maximum Gasteiger partial charge on any atom is 0.238 e. The summed E-state index contributed by atoms with van der Waals surface area (Å²) in [6, 6.07) is 7.62. The Morgan fingerprint density at radius 1 is 1.24 bits per heavy atom. The summed E-state index contributed by atoms with van der Waals surface area (Å²) in [6.07, 6.45) is 1.66. The van der Waals surface area contributed by atoms with E-state index in [1.165, 1.54) is 0 Å². The van der Waals surface area contributed by atoms with Crippen molar-refractivity contribution in [2.24, 2.45) is 0 Å². The minimum absolute atomic E-state index is 0.00566. The summed E-state index contributed by atoms with van der Waals surface area (Å²) in [4.78, 5) is 14.3. The Bertz CT molecular complexity index is 507. The predicted molar refractivity (Wildman–Crippen MR) is 83.1 cm³/mol. The van der Waals surface area contributed by atoms with E-state index in [1.54, 1.807) is 0 Å². The Hall–Kier alpha value is -0.950. The fourth-order valence-corrected chi connectivity index (χ4v) is 3.18. The molecule has 0 radical (unpaired) electrons. The van der Waals surface area contributed by atoms with Crippen molar-refractivity contribution in [3.8, 4) is 0 Å². The largest absolute Gasteiger partial charge is 0.347 e. The lowest BCUT2D eigenvalue weighted by Gasteiger charge is -2.37. The van der Waals surface area contributed by atoms with Gasteiger partial charge in [0.2, 0.25) is 5.91 Å². The highest BCUT2D eigenvalue weighted by Gasteiger charge is 2.39. The lowest BCUT2D eigenvalue weighted by Crippen LogP contribution is -2.47. The fourth-order valence-electron chi connectivity index (χ4n) is 2.79. The topological polar surface area (TPSA) is 50.8 Å². The Morgan fingerprint density at radius 3 is 2.57 bits per heavy atom. The van der Waals surface area contributed by atoms with Crippen LogP contribution in [0.2, 0.25) is 0 Å². The minimum atomic E-state index is -0.380. The van der Waals surface area contributed by atoms with Crippen molar-refractivity contribution in [2.75, 3.05) is 38.2 Å². The standard InChI is InChI=1S/C15H19BrN2O3/c16-12-3-1-2-4-13(12)17-14(19)11-18-7-5-15(6-8-18)20-9-10-21-15/h1-4H,5-11H2,(H,17,19). The normalized spacial score (nSPS) is 21.6. The van der Waals surface area contributed by atoms with E-state index >= 15 is 0 Å². The number of anilines is 1. The van der Waals surface area contributed by atoms with E-state index < -0.39 is 0 Å². The van der Waals surface area contributed by atoms with E-state index in [9.17, 15) is 4.79 Å². The number of carbonyl (C=O) groups excluding carboxylic acids is 1. The van der Waals surface area contributed by atoms with Gasteiger partial charge in [0.1, 0.15) is 0 Å². The maximum absolute atomic E-state index is 12.1. The number of ether oxygens (including phenoxy) is 2. The van der Waals surface area contributed by atoms with Gasteiger partial charge < -0.3 is 14.8 Å². The monoisotopic (exact) mass is 354 g/mol. The van der Waals surface area contributed by atoms with Gasteiger partial charge in [0, 0.05) is 30.4 Å². The third-order valence-electron chi connectivity index (χ3n) is 3.95. The first-order valence-corrected chi connectivity index (χ1v) is 8.01. The lowest BCUT2D eigenvalue weighted by atomic mass is 10.0. The molecular formula is C15H19BrN2O3. The second-order valence-electron chi connectivity index (χ2n) is 5.41. The average molecular weight is 355 g/mol. The molecule has 2 saturated heterocycles. The summed E-state index contributed by atoms with van der Waals surface area (Å²) in [7, 11) is 0. The molecule has 6 heteroatoms. The number of amides is 1. The van der Waals surface area contributed by atoms with Crippen molar-refractivity contribution in [3.05, 3.63) is 28.7 Å². The van der Waals surface area contributed by atoms with Crippen LogP contribution in [-0.2, 0) is 14.3 Å². The molecule has 0 aliphatic carbocycles. The van der Waals surface area contributed by atoms with Gasteiger partial charge in [0.05, 0.1) is 25.4 Å². The van der Waals surface area contributed by atoms with Crippen LogP contribution in [0.15, 0.2) is 28.7 Å². The molecule has 2 aliphatic rings. The number of piperidine rings is 1. The van der Waals surface area contributed by atoms with Gasteiger partial charge in [0.25, 0.3) is 0 Å². The molecule has 0 saturated carbocycles. The smallest absolute Gasteiger partial charge is 0.238 e. The average Bonchev–Trinajstić information content (AvgIpc) is 2.93. The molecule has 3 rings (SSSR count). The Labute approximate surface area is 132 Å². The van der Waals surface area contributed by atoms with Gasteiger partial charge in [-0.05, 0) is 28.1 Å². The van der Waals surface area contributed by atoms with Gasteiger partial charge >= 0.3 is 0 Å². The number of nitrogens with one attached hydrogen (secondary N) is 1. The second-order valence-corrected chi connectivity index (χ2v) is 6.27. The third-order valence-corrected chi connectivity index (χ3v) is 4.64. The zero-order valence-corrected chi connectivity index (χ0v) is 13.4. The summed E-state index contributed by atoms with van der Waals surface area (Å²) in [5, 5.41) is 2.93. The molecule has 1 aromatic carbocycles. The third kappa shape index (κ3) is 3.63. The SMILES string of the molecule is O=C(CN1CCC2(CC1)OCCO2)Nc1ccccc1Br. The van der Waals surface area contributed by atoms with Crippen molar-refractivity contribution in [1.82, 2.24) is 4.90 Å². The summed E-state index contributed by atoms with van der Waals surface area (Å²) < 4.78 is 12.3. The van der Waals surface area contributed by atoms with Gasteiger partial charge in [-0.3, -0.25) is 9.69 Å². The number of carbonyl (C=O) groups is 1. The zero-order valence-electron chi connectivity index (χ0n) is 11.8. The van der Waals surface area contributed by atoms with E-state index in [-0.39, 0.29) is 11.7 Å². The van der Waals surface area contributed by atoms with Crippen LogP contribution in [0.1, 0.15) is 12.8 Å². The zero-order chi connectivity index (χ0) is 14.7. The first-order valence-electron chi connectivity index (χ1n) is 7.22. The number of hydrogen-bond donors (Lipinski definition) is 1. The van der Waals surface area contributed by atoms with Crippen LogP contribution in [0.25, 0.3) is 0 Å². The van der Waals surface area contributed by atoms with E-state index in [0.29, 0.717) is 19.8 Å². The molecule has 2 aliphatic heterocycles. The first kappa shape index (κ1) is 15.0. The number of rotatable bonds is 3. The summed E-state index contributed by atoms with van der Waals surface area (Å²) >= 11 is 3.43. The molecule has 5 nitrogen and oxygen atoms in total. The Kier molecular flexibility index (Phi) is 4.59. The van der Waals surface area contributed by atoms with Crippen LogP contribution in [0, 0.1) is 0 Å². The van der Waals surface area contributed by atoms with Crippen LogP contribution in [0.4, 0.5) is 5.69 Å².